The summed E-state index contributed by atoms with van der Waals surface area (Å²) < 4.78 is 8.38. The molecule has 0 radical (unpaired) electrons. The van der Waals surface area contributed by atoms with Gasteiger partial charge in [-0.25, -0.2) is 15.0 Å². The van der Waals surface area contributed by atoms with Crippen LogP contribution in [-0.4, -0.2) is 72.5 Å². The molecule has 1 aliphatic carbocycles. The minimum absolute atomic E-state index is 0.100. The summed E-state index contributed by atoms with van der Waals surface area (Å²) in [6.07, 6.45) is 12.6. The topological polar surface area (TPSA) is 132 Å². The molecule has 1 saturated carbocycles. The Balaban J connectivity index is 1.29. The van der Waals surface area contributed by atoms with Gasteiger partial charge in [0.2, 0.25) is 11.8 Å². The number of pyridine rings is 1. The number of hydrogen-bond acceptors (Lipinski definition) is 8. The Kier molecular flexibility index (Phi) is 8.71. The first kappa shape index (κ1) is 32.3. The van der Waals surface area contributed by atoms with Crippen LogP contribution in [0.5, 0.6) is 0 Å². The summed E-state index contributed by atoms with van der Waals surface area (Å²) in [4.78, 5) is 56.2. The largest absolute Gasteiger partial charge is 0.377 e. The van der Waals surface area contributed by atoms with Gasteiger partial charge in [-0.05, 0) is 103 Å². The summed E-state index contributed by atoms with van der Waals surface area (Å²) in [5, 5.41) is 8.43. The molecule has 1 saturated heterocycles. The fraction of sp³-hybridized carbons (Fsp3) is 0.417. The van der Waals surface area contributed by atoms with Gasteiger partial charge in [-0.15, -0.1) is 0 Å². The third kappa shape index (κ3) is 6.19. The molecule has 7 rings (SSSR count). The van der Waals surface area contributed by atoms with E-state index in [0.717, 1.165) is 59.9 Å². The molecule has 1 N–H and O–H groups in total. The second-order valence-corrected chi connectivity index (χ2v) is 14.0. The number of ether oxygens (including phenoxy) is 1. The van der Waals surface area contributed by atoms with E-state index in [9.17, 15) is 14.4 Å². The molecule has 5 heterocycles. The van der Waals surface area contributed by atoms with Crippen molar-refractivity contribution in [2.24, 2.45) is 5.41 Å². The average Bonchev–Trinajstić information content (AvgIpc) is 3.46. The molecule has 2 aliphatic heterocycles. The molecule has 4 aromatic rings. The lowest BCUT2D eigenvalue weighted by Gasteiger charge is -2.27. The van der Waals surface area contributed by atoms with Crippen LogP contribution in [0.4, 0.5) is 5.82 Å². The minimum atomic E-state index is -0.698. The number of amides is 2. The Bertz CT molecular complexity index is 1960. The maximum atomic E-state index is 14.4. The van der Waals surface area contributed by atoms with E-state index in [1.165, 1.54) is 6.92 Å². The van der Waals surface area contributed by atoms with Crippen molar-refractivity contribution in [1.29, 1.82) is 0 Å². The summed E-state index contributed by atoms with van der Waals surface area (Å²) in [5.41, 5.74) is 4.35. The van der Waals surface area contributed by atoms with Crippen LogP contribution in [0.1, 0.15) is 66.5 Å². The molecule has 1 aromatic carbocycles. The predicted octanol–water partition coefficient (Wildman–Crippen LogP) is 5.77. The molecule has 248 valence electrons. The van der Waals surface area contributed by atoms with Crippen LogP contribution in [0.25, 0.3) is 22.0 Å². The summed E-state index contributed by atoms with van der Waals surface area (Å²) >= 11 is 3.39. The first-order valence-electron chi connectivity index (χ1n) is 16.4. The molecule has 12 heteroatoms. The van der Waals surface area contributed by atoms with E-state index in [2.05, 4.69) is 54.4 Å². The van der Waals surface area contributed by atoms with Crippen LogP contribution in [-0.2, 0) is 27.3 Å². The van der Waals surface area contributed by atoms with Crippen molar-refractivity contribution in [2.45, 2.75) is 77.9 Å². The van der Waals surface area contributed by atoms with E-state index in [4.69, 9.17) is 9.84 Å². The number of aryl methyl sites for hydroxylation is 3. The van der Waals surface area contributed by atoms with Crippen LogP contribution in [0.15, 0.2) is 53.4 Å². The molecular weight excluding hydrogens is 674 g/mol. The molecule has 3 aromatic heterocycles. The smallest absolute Gasteiger partial charge is 0.248 e. The molecule has 0 spiro atoms. The highest BCUT2D eigenvalue weighted by atomic mass is 79.9. The van der Waals surface area contributed by atoms with E-state index in [1.807, 2.05) is 32.0 Å². The molecule has 3 aliphatic rings. The van der Waals surface area contributed by atoms with Crippen molar-refractivity contribution < 1.29 is 19.1 Å². The second-order valence-electron chi connectivity index (χ2n) is 13.2. The Morgan fingerprint density at radius 1 is 1.06 bits per heavy atom. The molecule has 2 amide bonds. The number of allylic oxidation sites excluding steroid dienone is 1. The van der Waals surface area contributed by atoms with Crippen LogP contribution in [0, 0.1) is 19.3 Å². The molecule has 48 heavy (non-hydrogen) atoms. The number of nitrogens with zero attached hydrogens (tertiary/aromatic N) is 6. The first-order chi connectivity index (χ1) is 23.1. The predicted molar refractivity (Wildman–Crippen MR) is 184 cm³/mol. The highest BCUT2D eigenvalue weighted by Crippen LogP contribution is 2.60. The Morgan fingerprint density at radius 2 is 1.88 bits per heavy atom. The van der Waals surface area contributed by atoms with Gasteiger partial charge < -0.3 is 15.0 Å². The average molecular weight is 713 g/mol. The number of nitrogens with one attached hydrogen (secondary N) is 1. The van der Waals surface area contributed by atoms with E-state index < -0.39 is 6.04 Å². The summed E-state index contributed by atoms with van der Waals surface area (Å²) in [6, 6.07) is 6.93. The molecule has 11 nitrogen and oxygen atoms in total. The molecular formula is C36H38BrN7O4. The zero-order valence-electron chi connectivity index (χ0n) is 27.3. The number of hydrogen-bond donors (Lipinski definition) is 1. The molecule has 2 bridgehead atoms. The Hall–Kier alpha value is -4.29. The highest BCUT2D eigenvalue weighted by molar-refractivity contribution is 9.10. The van der Waals surface area contributed by atoms with Crippen molar-refractivity contribution in [2.75, 3.05) is 18.5 Å². The number of aromatic nitrogens is 5. The third-order valence-electron chi connectivity index (χ3n) is 9.81. The van der Waals surface area contributed by atoms with Gasteiger partial charge in [-0.2, -0.15) is 5.10 Å². The van der Waals surface area contributed by atoms with Gasteiger partial charge in [0.25, 0.3) is 0 Å². The Morgan fingerprint density at radius 3 is 2.67 bits per heavy atom. The van der Waals surface area contributed by atoms with Gasteiger partial charge in [0, 0.05) is 41.7 Å². The van der Waals surface area contributed by atoms with Gasteiger partial charge in [0.05, 0.1) is 18.7 Å². The van der Waals surface area contributed by atoms with Crippen molar-refractivity contribution >= 4 is 50.2 Å². The summed E-state index contributed by atoms with van der Waals surface area (Å²) in [5.74, 6) is 0.448. The van der Waals surface area contributed by atoms with Crippen molar-refractivity contribution in [1.82, 2.24) is 29.6 Å². The van der Waals surface area contributed by atoms with Crippen LogP contribution in [0.3, 0.4) is 0 Å². The molecule has 3 atom stereocenters. The van der Waals surface area contributed by atoms with Gasteiger partial charge in [0.1, 0.15) is 34.5 Å². The number of rotatable bonds is 4. The lowest BCUT2D eigenvalue weighted by atomic mass is 9.97. The van der Waals surface area contributed by atoms with E-state index >= 15 is 0 Å². The fourth-order valence-electron chi connectivity index (χ4n) is 7.23. The number of piperidine rings is 1. The zero-order valence-corrected chi connectivity index (χ0v) is 28.9. The summed E-state index contributed by atoms with van der Waals surface area (Å²) in [6.45, 7) is 6.08. The first-order valence-corrected chi connectivity index (χ1v) is 17.2. The number of ketones is 1. The minimum Gasteiger partial charge on any atom is -0.377 e. The SMILES string of the molecule is CC(=O)c1nn2c3c(cc(-c4cnc(C)nc4)cc13)CCCC/C=C/COC[C@@]13C[C@@H](C(=O)Nc4nc(Br)ccc4C)N(C(=O)C2)[C@@H]1C3. The van der Waals surface area contributed by atoms with Crippen molar-refractivity contribution in [3.8, 4) is 11.1 Å². The number of anilines is 1. The maximum Gasteiger partial charge on any atom is 0.248 e. The van der Waals surface area contributed by atoms with Gasteiger partial charge in [-0.3, -0.25) is 19.1 Å². The van der Waals surface area contributed by atoms with E-state index in [1.54, 1.807) is 22.0 Å². The number of benzene rings is 1. The van der Waals surface area contributed by atoms with Crippen LogP contribution in [0.2, 0.25) is 0 Å². The highest BCUT2D eigenvalue weighted by Gasteiger charge is 2.67. The van der Waals surface area contributed by atoms with Crippen molar-refractivity contribution in [3.05, 3.63) is 76.1 Å². The normalized spacial score (nSPS) is 23.4. The number of carbonyl (C=O) groups excluding carboxylic acids is 3. The Labute approximate surface area is 287 Å². The fourth-order valence-corrected chi connectivity index (χ4v) is 7.54. The van der Waals surface area contributed by atoms with Crippen LogP contribution < -0.4 is 5.32 Å². The van der Waals surface area contributed by atoms with Gasteiger partial charge >= 0.3 is 0 Å². The number of Topliss-reactive ketones (excluding diaryl/α,β-unsaturated/α-hetero) is 1. The number of halogens is 1. The molecule has 2 fully saturated rings. The van der Waals surface area contributed by atoms with E-state index in [0.29, 0.717) is 47.0 Å². The zero-order chi connectivity index (χ0) is 33.6. The maximum absolute atomic E-state index is 14.4. The standard InChI is InChI=1S/C36H38BrN7O4/c1-21-10-11-30(37)40-34(21)41-35(47)28-15-36-16-29(36)44(28)31(46)19-43-33-24(9-7-5-4-6-8-12-48-20-36)13-25(26-17-38-23(3)39-18-26)14-27(33)32(42-43)22(2)45/h6,8,10-11,13-14,17-18,28-29H,4-5,7,9,12,15-16,19-20H2,1-3H3,(H,40,41,47)/b8-6+/t28-,29+,36-/m0/s1. The summed E-state index contributed by atoms with van der Waals surface area (Å²) in [7, 11) is 0. The van der Waals surface area contributed by atoms with Gasteiger partial charge in [-0.1, -0.05) is 18.2 Å². The number of carbonyl (C=O) groups is 3. The lowest BCUT2D eigenvalue weighted by Crippen LogP contribution is -2.47. The van der Waals surface area contributed by atoms with E-state index in [-0.39, 0.29) is 35.6 Å². The monoisotopic (exact) mass is 711 g/mol. The third-order valence-corrected chi connectivity index (χ3v) is 10.2. The quantitative estimate of drug-likeness (QED) is 0.160. The van der Waals surface area contributed by atoms with Gasteiger partial charge in [0.15, 0.2) is 5.78 Å². The lowest BCUT2D eigenvalue weighted by molar-refractivity contribution is -0.138. The van der Waals surface area contributed by atoms with Crippen molar-refractivity contribution in [3.63, 3.8) is 0 Å². The van der Waals surface area contributed by atoms with Crippen LogP contribution >= 0.6 is 15.9 Å². The molecule has 0 unspecified atom stereocenters. The second kappa shape index (κ2) is 13.0.